The van der Waals surface area contributed by atoms with Crippen molar-refractivity contribution >= 4 is 11.9 Å². The Kier molecular flexibility index (Phi) is 7.71. The van der Waals surface area contributed by atoms with E-state index in [1.165, 1.54) is 0 Å². The Morgan fingerprint density at radius 3 is 2.57 bits per heavy atom. The third-order valence-electron chi connectivity index (χ3n) is 3.66. The number of aliphatic carboxylic acids is 1. The van der Waals surface area contributed by atoms with Crippen molar-refractivity contribution in [1.29, 1.82) is 0 Å². The average molecular weight is 323 g/mol. The Hall–Kier alpha value is -1.92. The maximum Gasteiger partial charge on any atom is 0.330 e. The predicted octanol–water partition coefficient (Wildman–Crippen LogP) is 1.99. The zero-order valence-corrected chi connectivity index (χ0v) is 14.1. The summed E-state index contributed by atoms with van der Waals surface area (Å²) in [6, 6.07) is 4.29. The van der Waals surface area contributed by atoms with Crippen LogP contribution in [0.15, 0.2) is 18.2 Å². The van der Waals surface area contributed by atoms with Gasteiger partial charge >= 0.3 is 5.97 Å². The van der Waals surface area contributed by atoms with Crippen molar-refractivity contribution < 1.29 is 24.2 Å². The highest BCUT2D eigenvalue weighted by Gasteiger charge is 2.26. The van der Waals surface area contributed by atoms with Gasteiger partial charge in [0, 0.05) is 6.61 Å². The van der Waals surface area contributed by atoms with E-state index in [2.05, 4.69) is 5.32 Å². The summed E-state index contributed by atoms with van der Waals surface area (Å²) in [7, 11) is 0. The number of nitrogens with one attached hydrogen (secondary N) is 1. The Morgan fingerprint density at radius 1 is 1.26 bits per heavy atom. The first-order valence-corrected chi connectivity index (χ1v) is 7.67. The molecular weight excluding hydrogens is 298 g/mol. The molecule has 1 aromatic rings. The van der Waals surface area contributed by atoms with Crippen molar-refractivity contribution in [3.8, 4) is 0 Å². The maximum absolute atomic E-state index is 12.2. The van der Waals surface area contributed by atoms with Crippen LogP contribution in [0.25, 0.3) is 0 Å². The molecule has 128 valence electrons. The van der Waals surface area contributed by atoms with Gasteiger partial charge in [-0.3, -0.25) is 4.79 Å². The topological polar surface area (TPSA) is 84.9 Å². The number of carboxylic acid groups (broad SMARTS) is 1. The van der Waals surface area contributed by atoms with Gasteiger partial charge in [-0.15, -0.1) is 0 Å². The summed E-state index contributed by atoms with van der Waals surface area (Å²) in [6.07, 6.45) is -0.748. The largest absolute Gasteiger partial charge is 0.479 e. The molecule has 0 aliphatic heterocycles. The highest BCUT2D eigenvalue weighted by Crippen LogP contribution is 2.21. The normalized spacial score (nSPS) is 13.4. The van der Waals surface area contributed by atoms with E-state index in [1.54, 1.807) is 19.1 Å². The molecular formula is C17H25NO5. The van der Waals surface area contributed by atoms with E-state index in [-0.39, 0.29) is 6.61 Å². The number of carbonyl (C=O) groups excluding carboxylic acids is 1. The molecule has 0 aromatic heterocycles. The fourth-order valence-corrected chi connectivity index (χ4v) is 2.12. The predicted molar refractivity (Wildman–Crippen MR) is 86.3 cm³/mol. The number of hydrogen-bond acceptors (Lipinski definition) is 4. The van der Waals surface area contributed by atoms with E-state index >= 15 is 0 Å². The van der Waals surface area contributed by atoms with Crippen LogP contribution in [0.4, 0.5) is 0 Å². The third kappa shape index (κ3) is 5.65. The minimum atomic E-state index is -1.10. The second-order valence-corrected chi connectivity index (χ2v) is 5.28. The molecule has 0 saturated carbocycles. The fraction of sp³-hybridized carbons (Fsp3) is 0.529. The van der Waals surface area contributed by atoms with Crippen LogP contribution in [0, 0.1) is 13.8 Å². The van der Waals surface area contributed by atoms with Gasteiger partial charge in [0.25, 0.3) is 0 Å². The van der Waals surface area contributed by atoms with Gasteiger partial charge < -0.3 is 19.9 Å². The van der Waals surface area contributed by atoms with Crippen molar-refractivity contribution in [3.05, 3.63) is 34.9 Å². The molecule has 2 N–H and O–H groups in total. The first-order chi connectivity index (χ1) is 10.9. The maximum atomic E-state index is 12.2. The third-order valence-corrected chi connectivity index (χ3v) is 3.66. The van der Waals surface area contributed by atoms with Crippen LogP contribution in [-0.4, -0.2) is 42.9 Å². The van der Waals surface area contributed by atoms with Crippen molar-refractivity contribution in [2.45, 2.75) is 39.8 Å². The van der Waals surface area contributed by atoms with E-state index in [0.717, 1.165) is 11.1 Å². The number of carbonyl (C=O) groups is 2. The standard InChI is InChI=1S/C17H25NO5/c1-5-22-9-10-23-13(4)16(19)18-15(17(20)21)14-8-6-7-11(2)12(14)3/h6-8,13,15H,5,9-10H2,1-4H3,(H,18,19)(H,20,21). The van der Waals surface area contributed by atoms with Crippen LogP contribution in [-0.2, 0) is 19.1 Å². The summed E-state index contributed by atoms with van der Waals surface area (Å²) >= 11 is 0. The van der Waals surface area contributed by atoms with Crippen molar-refractivity contribution in [1.82, 2.24) is 5.32 Å². The number of benzene rings is 1. The number of aryl methyl sites for hydroxylation is 1. The van der Waals surface area contributed by atoms with Crippen LogP contribution in [0.3, 0.4) is 0 Å². The molecule has 6 nitrogen and oxygen atoms in total. The number of carboxylic acids is 1. The van der Waals surface area contributed by atoms with Gasteiger partial charge in [-0.2, -0.15) is 0 Å². The van der Waals surface area contributed by atoms with Crippen LogP contribution in [0.1, 0.15) is 36.6 Å². The van der Waals surface area contributed by atoms with E-state index in [0.29, 0.717) is 18.8 Å². The van der Waals surface area contributed by atoms with Gasteiger partial charge in [0.15, 0.2) is 6.04 Å². The highest BCUT2D eigenvalue weighted by molar-refractivity contribution is 5.87. The SMILES string of the molecule is CCOCCOC(C)C(=O)NC(C(=O)O)c1cccc(C)c1C. The van der Waals surface area contributed by atoms with Crippen LogP contribution >= 0.6 is 0 Å². The lowest BCUT2D eigenvalue weighted by Gasteiger charge is -2.20. The molecule has 0 fully saturated rings. The molecule has 0 aliphatic carbocycles. The average Bonchev–Trinajstić information content (AvgIpc) is 2.51. The molecule has 23 heavy (non-hydrogen) atoms. The lowest BCUT2D eigenvalue weighted by Crippen LogP contribution is -2.40. The molecule has 2 unspecified atom stereocenters. The summed E-state index contributed by atoms with van der Waals surface area (Å²) in [5, 5.41) is 12.0. The van der Waals surface area contributed by atoms with Crippen LogP contribution in [0.5, 0.6) is 0 Å². The van der Waals surface area contributed by atoms with E-state index in [9.17, 15) is 14.7 Å². The Balaban J connectivity index is 2.74. The molecule has 6 heteroatoms. The molecule has 0 spiro atoms. The Labute approximate surface area is 136 Å². The van der Waals surface area contributed by atoms with Crippen LogP contribution in [0.2, 0.25) is 0 Å². The van der Waals surface area contributed by atoms with Gasteiger partial charge in [0.1, 0.15) is 6.10 Å². The minimum Gasteiger partial charge on any atom is -0.479 e. The number of rotatable bonds is 9. The molecule has 0 aliphatic rings. The van der Waals surface area contributed by atoms with Crippen molar-refractivity contribution in [2.75, 3.05) is 19.8 Å². The lowest BCUT2D eigenvalue weighted by atomic mass is 9.97. The quantitative estimate of drug-likeness (QED) is 0.679. The number of amides is 1. The van der Waals surface area contributed by atoms with Crippen LogP contribution < -0.4 is 5.32 Å². The van der Waals surface area contributed by atoms with Crippen molar-refractivity contribution in [3.63, 3.8) is 0 Å². The minimum absolute atomic E-state index is 0.281. The second-order valence-electron chi connectivity index (χ2n) is 5.28. The molecule has 1 amide bonds. The highest BCUT2D eigenvalue weighted by atomic mass is 16.5. The smallest absolute Gasteiger partial charge is 0.330 e. The van der Waals surface area contributed by atoms with Gasteiger partial charge in [0.05, 0.1) is 13.2 Å². The number of hydrogen-bond donors (Lipinski definition) is 2. The fourth-order valence-electron chi connectivity index (χ4n) is 2.12. The monoisotopic (exact) mass is 323 g/mol. The molecule has 0 heterocycles. The lowest BCUT2D eigenvalue weighted by molar-refractivity contribution is -0.144. The van der Waals surface area contributed by atoms with Crippen molar-refractivity contribution in [2.24, 2.45) is 0 Å². The molecule has 0 bridgehead atoms. The summed E-state index contributed by atoms with van der Waals surface area (Å²) in [6.45, 7) is 8.46. The van der Waals surface area contributed by atoms with Gasteiger partial charge in [-0.05, 0) is 44.4 Å². The molecule has 1 aromatic carbocycles. The van der Waals surface area contributed by atoms with Gasteiger partial charge in [0.2, 0.25) is 5.91 Å². The summed E-state index contributed by atoms with van der Waals surface area (Å²) in [5.41, 5.74) is 2.40. The first-order valence-electron chi connectivity index (χ1n) is 7.67. The van der Waals surface area contributed by atoms with E-state index in [1.807, 2.05) is 26.8 Å². The zero-order valence-electron chi connectivity index (χ0n) is 14.1. The van der Waals surface area contributed by atoms with Gasteiger partial charge in [-0.25, -0.2) is 4.79 Å². The molecule has 0 saturated heterocycles. The number of ether oxygens (including phenoxy) is 2. The van der Waals surface area contributed by atoms with E-state index < -0.39 is 24.0 Å². The summed E-state index contributed by atoms with van der Waals surface area (Å²) < 4.78 is 10.5. The Bertz CT molecular complexity index is 544. The van der Waals surface area contributed by atoms with E-state index in [4.69, 9.17) is 9.47 Å². The van der Waals surface area contributed by atoms with Gasteiger partial charge in [-0.1, -0.05) is 18.2 Å². The second kappa shape index (κ2) is 9.27. The molecule has 0 radical (unpaired) electrons. The zero-order chi connectivity index (χ0) is 17.4. The first kappa shape index (κ1) is 19.1. The molecule has 2 atom stereocenters. The molecule has 1 rings (SSSR count). The Morgan fingerprint density at radius 2 is 1.96 bits per heavy atom. The summed E-state index contributed by atoms with van der Waals surface area (Å²) in [4.78, 5) is 23.7. The summed E-state index contributed by atoms with van der Waals surface area (Å²) in [5.74, 6) is -1.57.